The number of hydrogen-bond acceptors (Lipinski definition) is 6. The predicted octanol–water partition coefficient (Wildman–Crippen LogP) is 1.55. The van der Waals surface area contributed by atoms with Crippen LogP contribution in [-0.4, -0.2) is 56.6 Å². The molecule has 8 nitrogen and oxygen atoms in total. The highest BCUT2D eigenvalue weighted by atomic mass is 19.4. The van der Waals surface area contributed by atoms with Gasteiger partial charge >= 0.3 is 6.18 Å². The normalized spacial score (nSPS) is 18.0. The highest BCUT2D eigenvalue weighted by molar-refractivity contribution is 6.08. The van der Waals surface area contributed by atoms with Gasteiger partial charge in [0.1, 0.15) is 6.42 Å². The fourth-order valence-corrected chi connectivity index (χ4v) is 3.23. The lowest BCUT2D eigenvalue weighted by Crippen LogP contribution is -2.39. The molecular weight excluding hydrogens is 351 g/mol. The van der Waals surface area contributed by atoms with Gasteiger partial charge in [-0.1, -0.05) is 0 Å². The van der Waals surface area contributed by atoms with Crippen molar-refractivity contribution in [2.75, 3.05) is 18.0 Å². The van der Waals surface area contributed by atoms with E-state index in [1.807, 2.05) is 11.0 Å². The summed E-state index contributed by atoms with van der Waals surface area (Å²) in [5, 5.41) is 19.0. The Morgan fingerprint density at radius 3 is 3.04 bits per heavy atom. The van der Waals surface area contributed by atoms with Crippen LogP contribution in [0.3, 0.4) is 0 Å². The first-order valence-corrected chi connectivity index (χ1v) is 7.96. The summed E-state index contributed by atoms with van der Waals surface area (Å²) >= 11 is 0. The minimum absolute atomic E-state index is 0.354. The SMILES string of the molecule is O=C(CC(F)(F)F)NC1CCN(c2cn[nH]c3nnc4nccc4c23)C1. The summed E-state index contributed by atoms with van der Waals surface area (Å²) in [5.74, 6) is -1.01. The molecule has 2 N–H and O–H groups in total. The molecule has 1 unspecified atom stereocenters. The van der Waals surface area contributed by atoms with E-state index in [9.17, 15) is 18.0 Å². The minimum Gasteiger partial charge on any atom is -0.367 e. The molecule has 0 spiro atoms. The van der Waals surface area contributed by atoms with Crippen LogP contribution in [0.15, 0.2) is 18.5 Å². The average molecular weight is 365 g/mol. The molecule has 1 fully saturated rings. The largest absolute Gasteiger partial charge is 0.397 e. The fourth-order valence-electron chi connectivity index (χ4n) is 3.23. The van der Waals surface area contributed by atoms with Crippen LogP contribution in [0.25, 0.3) is 22.1 Å². The van der Waals surface area contributed by atoms with Gasteiger partial charge in [-0.3, -0.25) is 9.89 Å². The number of alkyl halides is 3. The van der Waals surface area contributed by atoms with Crippen molar-refractivity contribution in [3.63, 3.8) is 0 Å². The number of carbonyl (C=O) groups excluding carboxylic acids is 1. The first kappa shape index (κ1) is 16.5. The number of nitrogens with zero attached hydrogens (tertiary/aromatic N) is 5. The Bertz CT molecular complexity index is 971. The number of carbonyl (C=O) groups is 1. The van der Waals surface area contributed by atoms with E-state index < -0.39 is 18.5 Å². The monoisotopic (exact) mass is 365 g/mol. The Labute approximate surface area is 144 Å². The molecule has 136 valence electrons. The molecule has 3 aromatic heterocycles. The van der Waals surface area contributed by atoms with E-state index >= 15 is 0 Å². The van der Waals surface area contributed by atoms with E-state index in [0.717, 1.165) is 16.5 Å². The van der Waals surface area contributed by atoms with Crippen LogP contribution in [0.5, 0.6) is 0 Å². The van der Waals surface area contributed by atoms with Crippen molar-refractivity contribution in [3.05, 3.63) is 18.5 Å². The first-order valence-electron chi connectivity index (χ1n) is 7.96. The number of nitrogens with one attached hydrogen (secondary N) is 2. The summed E-state index contributed by atoms with van der Waals surface area (Å²) in [6, 6.07) is 1.47. The van der Waals surface area contributed by atoms with E-state index in [4.69, 9.17) is 0 Å². The lowest BCUT2D eigenvalue weighted by atomic mass is 10.2. The van der Waals surface area contributed by atoms with Crippen molar-refractivity contribution >= 4 is 33.7 Å². The summed E-state index contributed by atoms with van der Waals surface area (Å²) in [7, 11) is 0. The summed E-state index contributed by atoms with van der Waals surface area (Å²) in [6.45, 7) is 0.970. The number of halogens is 3. The smallest absolute Gasteiger partial charge is 0.367 e. The molecule has 1 saturated heterocycles. The molecule has 3 aromatic rings. The number of amides is 1. The van der Waals surface area contributed by atoms with Gasteiger partial charge in [-0.15, -0.1) is 10.2 Å². The number of H-pyrrole nitrogens is 1. The van der Waals surface area contributed by atoms with Crippen LogP contribution < -0.4 is 10.2 Å². The van der Waals surface area contributed by atoms with E-state index in [0.29, 0.717) is 30.8 Å². The van der Waals surface area contributed by atoms with Gasteiger partial charge in [-0.2, -0.15) is 18.3 Å². The molecule has 4 rings (SSSR count). The van der Waals surface area contributed by atoms with E-state index in [1.165, 1.54) is 0 Å². The number of rotatable bonds is 3. The lowest BCUT2D eigenvalue weighted by molar-refractivity contribution is -0.154. The zero-order valence-corrected chi connectivity index (χ0v) is 13.4. The van der Waals surface area contributed by atoms with E-state index in [-0.39, 0.29) is 6.04 Å². The highest BCUT2D eigenvalue weighted by Crippen LogP contribution is 2.31. The molecular formula is C15H14F3N7O. The standard InChI is InChI=1S/C15H14F3N7O/c16-15(17,18)5-11(26)21-8-2-4-25(7-8)10-6-20-22-14-12(10)9-1-3-19-13(9)23-24-14/h1,3,6,8H,2,4-5,7H2,(H,21,26)(H,22,24). The lowest BCUT2D eigenvalue weighted by Gasteiger charge is -2.20. The molecule has 1 amide bonds. The maximum atomic E-state index is 12.3. The zero-order chi connectivity index (χ0) is 18.3. The summed E-state index contributed by atoms with van der Waals surface area (Å²) in [6.07, 6.45) is -2.16. The van der Waals surface area contributed by atoms with Crippen molar-refractivity contribution < 1.29 is 18.0 Å². The molecule has 0 bridgehead atoms. The van der Waals surface area contributed by atoms with Crippen LogP contribution in [0.1, 0.15) is 12.8 Å². The number of fused-ring (bicyclic) bond motifs is 3. The average Bonchev–Trinajstić information content (AvgIpc) is 3.21. The minimum atomic E-state index is -4.51. The Kier molecular flexibility index (Phi) is 3.85. The number of anilines is 1. The third-order valence-electron chi connectivity index (χ3n) is 4.30. The quantitative estimate of drug-likeness (QED) is 0.731. The van der Waals surface area contributed by atoms with Gasteiger partial charge in [-0.05, 0) is 12.5 Å². The van der Waals surface area contributed by atoms with Crippen LogP contribution in [0, 0.1) is 0 Å². The van der Waals surface area contributed by atoms with Gasteiger partial charge in [0.15, 0.2) is 11.3 Å². The van der Waals surface area contributed by atoms with Gasteiger partial charge in [0.25, 0.3) is 0 Å². The number of aromatic amines is 1. The van der Waals surface area contributed by atoms with Gasteiger partial charge in [-0.25, -0.2) is 4.98 Å². The molecule has 1 aliphatic heterocycles. The van der Waals surface area contributed by atoms with Crippen LogP contribution in [0.4, 0.5) is 18.9 Å². The first-order chi connectivity index (χ1) is 12.4. The van der Waals surface area contributed by atoms with E-state index in [2.05, 4.69) is 30.7 Å². The van der Waals surface area contributed by atoms with Crippen molar-refractivity contribution in [2.24, 2.45) is 0 Å². The maximum Gasteiger partial charge on any atom is 0.397 e. The number of hydrogen-bond donors (Lipinski definition) is 2. The van der Waals surface area contributed by atoms with Crippen molar-refractivity contribution in [2.45, 2.75) is 25.1 Å². The molecule has 26 heavy (non-hydrogen) atoms. The van der Waals surface area contributed by atoms with Gasteiger partial charge in [0.05, 0.1) is 17.3 Å². The van der Waals surface area contributed by atoms with Crippen LogP contribution >= 0.6 is 0 Å². The van der Waals surface area contributed by atoms with Crippen molar-refractivity contribution in [3.8, 4) is 0 Å². The van der Waals surface area contributed by atoms with Gasteiger partial charge in [0.2, 0.25) is 5.91 Å². The predicted molar refractivity (Wildman–Crippen MR) is 86.4 cm³/mol. The van der Waals surface area contributed by atoms with Gasteiger partial charge in [0, 0.05) is 30.7 Å². The second-order valence-corrected chi connectivity index (χ2v) is 6.15. The molecule has 0 radical (unpaired) electrons. The molecule has 1 atom stereocenters. The second kappa shape index (κ2) is 6.07. The van der Waals surface area contributed by atoms with E-state index in [1.54, 1.807) is 12.4 Å². The second-order valence-electron chi connectivity index (χ2n) is 6.15. The van der Waals surface area contributed by atoms with Crippen molar-refractivity contribution in [1.29, 1.82) is 0 Å². The fraction of sp³-hybridized carbons (Fsp3) is 0.400. The van der Waals surface area contributed by atoms with Crippen molar-refractivity contribution in [1.82, 2.24) is 30.7 Å². The summed E-state index contributed by atoms with van der Waals surface area (Å²) in [5.41, 5.74) is 1.78. The molecule has 1 aliphatic rings. The van der Waals surface area contributed by atoms with Crippen LogP contribution in [0.2, 0.25) is 0 Å². The Morgan fingerprint density at radius 2 is 2.23 bits per heavy atom. The Balaban J connectivity index is 1.58. The molecule has 0 saturated carbocycles. The molecule has 11 heteroatoms. The summed E-state index contributed by atoms with van der Waals surface area (Å²) < 4.78 is 36.9. The van der Waals surface area contributed by atoms with Gasteiger partial charge < -0.3 is 10.2 Å². The van der Waals surface area contributed by atoms with Crippen LogP contribution in [-0.2, 0) is 4.79 Å². The third-order valence-corrected chi connectivity index (χ3v) is 4.30. The molecule has 4 heterocycles. The highest BCUT2D eigenvalue weighted by Gasteiger charge is 2.33. The topological polar surface area (TPSA) is 99.7 Å². The summed E-state index contributed by atoms with van der Waals surface area (Å²) in [4.78, 5) is 17.6. The maximum absolute atomic E-state index is 12.3. The molecule has 0 aromatic carbocycles. The Morgan fingerprint density at radius 1 is 1.38 bits per heavy atom. The molecule has 0 aliphatic carbocycles. The number of aromatic nitrogens is 5. The zero-order valence-electron chi connectivity index (χ0n) is 13.4. The third kappa shape index (κ3) is 3.11. The Hall–Kier alpha value is -2.98.